The van der Waals surface area contributed by atoms with Crippen LogP contribution in [0.15, 0.2) is 18.3 Å². The lowest BCUT2D eigenvalue weighted by atomic mass is 9.93. The van der Waals surface area contributed by atoms with Gasteiger partial charge in [0, 0.05) is 12.5 Å². The van der Waals surface area contributed by atoms with Crippen molar-refractivity contribution in [1.29, 1.82) is 0 Å². The molecule has 4 nitrogen and oxygen atoms in total. The number of fused-ring (bicyclic) bond motifs is 1. The summed E-state index contributed by atoms with van der Waals surface area (Å²) in [5.74, 6) is 0.853. The van der Waals surface area contributed by atoms with Gasteiger partial charge in [-0.2, -0.15) is 0 Å². The van der Waals surface area contributed by atoms with Crippen LogP contribution in [0, 0.1) is 0 Å². The van der Waals surface area contributed by atoms with Crippen LogP contribution in [0.4, 0.5) is 5.82 Å². The Hall–Kier alpha value is -1.58. The fraction of sp³-hybridized carbons (Fsp3) is 0.455. The highest BCUT2D eigenvalue weighted by molar-refractivity contribution is 5.45. The zero-order chi connectivity index (χ0) is 11.1. The van der Waals surface area contributed by atoms with Crippen molar-refractivity contribution >= 4 is 11.5 Å². The highest BCUT2D eigenvalue weighted by atomic mass is 15.3. The number of rotatable bonds is 1. The van der Waals surface area contributed by atoms with E-state index in [0.29, 0.717) is 0 Å². The van der Waals surface area contributed by atoms with E-state index in [0.717, 1.165) is 17.2 Å². The Morgan fingerprint density at radius 1 is 1.27 bits per heavy atom. The molecule has 0 aliphatic rings. The second-order valence-electron chi connectivity index (χ2n) is 4.63. The van der Waals surface area contributed by atoms with Crippen LogP contribution in [0.2, 0.25) is 0 Å². The Bertz CT molecular complexity index is 479. The third-order valence-corrected chi connectivity index (χ3v) is 2.39. The molecule has 2 aromatic rings. The van der Waals surface area contributed by atoms with Gasteiger partial charge in [-0.1, -0.05) is 20.8 Å². The lowest BCUT2D eigenvalue weighted by Crippen LogP contribution is -2.15. The first-order valence-electron chi connectivity index (χ1n) is 5.05. The Kier molecular flexibility index (Phi) is 2.14. The van der Waals surface area contributed by atoms with E-state index in [9.17, 15) is 0 Å². The van der Waals surface area contributed by atoms with Crippen LogP contribution >= 0.6 is 0 Å². The number of hydrogen-bond donors (Lipinski definition) is 1. The number of aromatic nitrogens is 3. The maximum Gasteiger partial charge on any atom is 0.153 e. The molecule has 0 saturated carbocycles. The highest BCUT2D eigenvalue weighted by Crippen LogP contribution is 2.22. The predicted octanol–water partition coefficient (Wildman–Crippen LogP) is 2.07. The zero-order valence-electron chi connectivity index (χ0n) is 9.57. The Labute approximate surface area is 89.3 Å². The van der Waals surface area contributed by atoms with Gasteiger partial charge in [0.15, 0.2) is 5.65 Å². The minimum atomic E-state index is 0.0543. The summed E-state index contributed by atoms with van der Waals surface area (Å²) in [6, 6.07) is 3.89. The highest BCUT2D eigenvalue weighted by Gasteiger charge is 2.19. The maximum absolute atomic E-state index is 4.46. The molecule has 15 heavy (non-hydrogen) atoms. The van der Waals surface area contributed by atoms with Gasteiger partial charge < -0.3 is 5.32 Å². The van der Waals surface area contributed by atoms with E-state index in [1.54, 1.807) is 0 Å². The lowest BCUT2D eigenvalue weighted by Gasteiger charge is -2.16. The molecule has 0 aliphatic heterocycles. The SMILES string of the molecule is CNc1ccc2ncc(C(C)(C)C)n2n1. The molecule has 0 atom stereocenters. The summed E-state index contributed by atoms with van der Waals surface area (Å²) in [6.45, 7) is 6.47. The minimum Gasteiger partial charge on any atom is -0.372 e. The summed E-state index contributed by atoms with van der Waals surface area (Å²) >= 11 is 0. The van der Waals surface area contributed by atoms with Crippen molar-refractivity contribution in [3.63, 3.8) is 0 Å². The van der Waals surface area contributed by atoms with E-state index < -0.39 is 0 Å². The largest absolute Gasteiger partial charge is 0.372 e. The van der Waals surface area contributed by atoms with Gasteiger partial charge in [0.2, 0.25) is 0 Å². The molecule has 0 saturated heterocycles. The van der Waals surface area contributed by atoms with E-state index in [1.165, 1.54) is 0 Å². The molecular formula is C11H16N4. The molecular weight excluding hydrogens is 188 g/mol. The average molecular weight is 204 g/mol. The molecule has 1 N–H and O–H groups in total. The van der Waals surface area contributed by atoms with Crippen LogP contribution < -0.4 is 5.32 Å². The van der Waals surface area contributed by atoms with Crippen molar-refractivity contribution in [3.8, 4) is 0 Å². The topological polar surface area (TPSA) is 42.2 Å². The third-order valence-electron chi connectivity index (χ3n) is 2.39. The molecule has 0 unspecified atom stereocenters. The van der Waals surface area contributed by atoms with Gasteiger partial charge in [-0.25, -0.2) is 9.50 Å². The summed E-state index contributed by atoms with van der Waals surface area (Å²) in [5, 5.41) is 7.49. The second kappa shape index (κ2) is 3.22. The first-order chi connectivity index (χ1) is 7.02. The molecule has 0 bridgehead atoms. The molecule has 2 aromatic heterocycles. The molecule has 0 aromatic carbocycles. The summed E-state index contributed by atoms with van der Waals surface area (Å²) in [6.07, 6.45) is 1.89. The first kappa shape index (κ1) is 9.96. The Morgan fingerprint density at radius 2 is 2.00 bits per heavy atom. The van der Waals surface area contributed by atoms with Crippen molar-refractivity contribution in [3.05, 3.63) is 24.0 Å². The van der Waals surface area contributed by atoms with Gasteiger partial charge in [-0.05, 0) is 12.1 Å². The van der Waals surface area contributed by atoms with Crippen LogP contribution in [0.1, 0.15) is 26.5 Å². The fourth-order valence-electron chi connectivity index (χ4n) is 1.52. The van der Waals surface area contributed by atoms with E-state index in [2.05, 4.69) is 36.2 Å². The van der Waals surface area contributed by atoms with Crippen molar-refractivity contribution < 1.29 is 0 Å². The predicted molar refractivity (Wildman–Crippen MR) is 61.2 cm³/mol. The van der Waals surface area contributed by atoms with Gasteiger partial charge in [-0.15, -0.1) is 5.10 Å². The van der Waals surface area contributed by atoms with Gasteiger partial charge in [0.25, 0.3) is 0 Å². The van der Waals surface area contributed by atoms with E-state index >= 15 is 0 Å². The van der Waals surface area contributed by atoms with Crippen molar-refractivity contribution in [1.82, 2.24) is 14.6 Å². The molecule has 0 spiro atoms. The average Bonchev–Trinajstić information content (AvgIpc) is 2.59. The molecule has 0 aliphatic carbocycles. The lowest BCUT2D eigenvalue weighted by molar-refractivity contribution is 0.551. The second-order valence-corrected chi connectivity index (χ2v) is 4.63. The van der Waals surface area contributed by atoms with E-state index in [-0.39, 0.29) is 5.41 Å². The molecule has 0 radical (unpaired) electrons. The number of imidazole rings is 1. The molecule has 80 valence electrons. The number of nitrogens with zero attached hydrogens (tertiary/aromatic N) is 3. The Morgan fingerprint density at radius 3 is 2.60 bits per heavy atom. The van der Waals surface area contributed by atoms with Gasteiger partial charge in [0.1, 0.15) is 5.82 Å². The zero-order valence-corrected chi connectivity index (χ0v) is 9.57. The number of nitrogens with one attached hydrogen (secondary N) is 1. The maximum atomic E-state index is 4.46. The monoisotopic (exact) mass is 204 g/mol. The summed E-state index contributed by atoms with van der Waals surface area (Å²) < 4.78 is 1.89. The molecule has 2 rings (SSSR count). The molecule has 0 fully saturated rings. The molecule has 4 heteroatoms. The first-order valence-corrected chi connectivity index (χ1v) is 5.05. The molecule has 2 heterocycles. The van der Waals surface area contributed by atoms with Crippen LogP contribution in [0.25, 0.3) is 5.65 Å². The third kappa shape index (κ3) is 1.67. The quantitative estimate of drug-likeness (QED) is 0.773. The summed E-state index contributed by atoms with van der Waals surface area (Å²) in [7, 11) is 1.86. The van der Waals surface area contributed by atoms with Crippen molar-refractivity contribution in [2.24, 2.45) is 0 Å². The fourth-order valence-corrected chi connectivity index (χ4v) is 1.52. The van der Waals surface area contributed by atoms with E-state index in [4.69, 9.17) is 0 Å². The number of hydrogen-bond acceptors (Lipinski definition) is 3. The standard InChI is InChI=1S/C11H16N4/c1-11(2,3)8-7-13-10-6-5-9(12-4)14-15(8)10/h5-7H,1-4H3,(H,12,14). The molecule has 0 amide bonds. The Balaban J connectivity index is 2.67. The van der Waals surface area contributed by atoms with Crippen LogP contribution in [-0.4, -0.2) is 21.6 Å². The van der Waals surface area contributed by atoms with Crippen LogP contribution in [0.3, 0.4) is 0 Å². The van der Waals surface area contributed by atoms with Crippen molar-refractivity contribution in [2.75, 3.05) is 12.4 Å². The number of anilines is 1. The summed E-state index contributed by atoms with van der Waals surface area (Å²) in [4.78, 5) is 4.33. The van der Waals surface area contributed by atoms with Crippen LogP contribution in [0.5, 0.6) is 0 Å². The van der Waals surface area contributed by atoms with E-state index in [1.807, 2.05) is 29.9 Å². The smallest absolute Gasteiger partial charge is 0.153 e. The summed E-state index contributed by atoms with van der Waals surface area (Å²) in [5.41, 5.74) is 2.06. The normalized spacial score (nSPS) is 12.0. The van der Waals surface area contributed by atoms with Crippen molar-refractivity contribution in [2.45, 2.75) is 26.2 Å². The van der Waals surface area contributed by atoms with Gasteiger partial charge in [-0.3, -0.25) is 0 Å². The van der Waals surface area contributed by atoms with Gasteiger partial charge >= 0.3 is 0 Å². The van der Waals surface area contributed by atoms with Gasteiger partial charge in [0.05, 0.1) is 11.9 Å². The van der Waals surface area contributed by atoms with Crippen LogP contribution in [-0.2, 0) is 5.41 Å². The minimum absolute atomic E-state index is 0.0543.